The second-order valence-electron chi connectivity index (χ2n) is 9.39. The van der Waals surface area contributed by atoms with Gasteiger partial charge >= 0.3 is 29.3 Å². The highest BCUT2D eigenvalue weighted by molar-refractivity contribution is 8.02. The van der Waals surface area contributed by atoms with Gasteiger partial charge in [-0.05, 0) is 83.9 Å². The molecule has 2 unspecified atom stereocenters. The van der Waals surface area contributed by atoms with Crippen LogP contribution in [-0.2, 0) is 50.8 Å². The van der Waals surface area contributed by atoms with Crippen LogP contribution in [0.4, 0.5) is 5.69 Å². The maximum Gasteiger partial charge on any atom is 0.540 e. The first-order chi connectivity index (χ1) is 23.4. The second-order valence-corrected chi connectivity index (χ2v) is 18.2. The highest BCUT2D eigenvalue weighted by Crippen LogP contribution is 2.52. The molecular formula is C29H41N5O9P4S2+2. The minimum absolute atomic E-state index is 0.181. The Kier molecular flexibility index (Phi) is 18.6. The number of anilines is 1. The predicted octanol–water partition coefficient (Wildman–Crippen LogP) is 7.56. The molecule has 266 valence electrons. The fourth-order valence-electron chi connectivity index (χ4n) is 3.52. The molecule has 0 bridgehead atoms. The van der Waals surface area contributed by atoms with Crippen LogP contribution in [0.1, 0.15) is 11.1 Å². The maximum atomic E-state index is 12.8. The van der Waals surface area contributed by atoms with Gasteiger partial charge in [-0.3, -0.25) is 18.2 Å². The molecule has 14 nitrogen and oxygen atoms in total. The molecular weight excluding hydrogens is 750 g/mol. The molecule has 0 heterocycles. The summed E-state index contributed by atoms with van der Waals surface area (Å²) in [6, 6.07) is 21.5. The van der Waals surface area contributed by atoms with Crippen molar-refractivity contribution in [2.24, 2.45) is 5.10 Å². The minimum Gasteiger partial charge on any atom is -0.497 e. The van der Waals surface area contributed by atoms with Crippen LogP contribution in [0.3, 0.4) is 0 Å². The number of hydrazone groups is 1. The maximum absolute atomic E-state index is 12.8. The van der Waals surface area contributed by atoms with E-state index in [0.29, 0.717) is 17.2 Å². The van der Waals surface area contributed by atoms with Gasteiger partial charge in [0.15, 0.2) is 11.5 Å². The van der Waals surface area contributed by atoms with Crippen molar-refractivity contribution in [1.82, 2.24) is 9.87 Å². The van der Waals surface area contributed by atoms with Crippen LogP contribution in [0.25, 0.3) is 0 Å². The molecule has 3 rings (SSSR count). The van der Waals surface area contributed by atoms with Gasteiger partial charge in [-0.15, -0.1) is 10.2 Å². The first kappa shape index (κ1) is 42.5. The number of benzene rings is 3. The number of ether oxygens (including phenoxy) is 1. The van der Waals surface area contributed by atoms with Gasteiger partial charge in [0.25, 0.3) is 0 Å². The Bertz CT molecular complexity index is 1590. The van der Waals surface area contributed by atoms with Crippen molar-refractivity contribution in [3.05, 3.63) is 83.9 Å². The summed E-state index contributed by atoms with van der Waals surface area (Å²) in [5, 5.41) is 14.2. The number of nitrogens with zero attached hydrogens (tertiary/aromatic N) is 3. The standard InChI is InChI=1S/C21H32N4O8P4S2.C8H9NO/c1-22-34(38)32-20-11-7-18(8-12-20)15-23-24(2)35(39)33-21-13-9-19(10-14-21)25(16-36(26,28-3)29-4)17-37(27,30-5)31-6;1-10-8-4-2-7(6-9)3-5-8/h7-15H,16-17H2,1-6H3,(H,22,38);2-6,9H,1H3/q+2;/b23-15+;. The van der Waals surface area contributed by atoms with E-state index in [1.54, 1.807) is 61.4 Å². The largest absolute Gasteiger partial charge is 0.540 e. The third-order valence-electron chi connectivity index (χ3n) is 6.33. The molecule has 0 aliphatic rings. The molecule has 2 atom stereocenters. The Morgan fingerprint density at radius 3 is 1.65 bits per heavy atom. The number of hydrogen-bond donors (Lipinski definition) is 2. The van der Waals surface area contributed by atoms with Crippen molar-refractivity contribution < 1.29 is 41.0 Å². The minimum atomic E-state index is -3.49. The molecule has 0 aromatic heterocycles. The zero-order chi connectivity index (χ0) is 36.5. The molecule has 3 aromatic rings. The van der Waals surface area contributed by atoms with E-state index in [2.05, 4.69) is 10.2 Å². The molecule has 49 heavy (non-hydrogen) atoms. The van der Waals surface area contributed by atoms with E-state index >= 15 is 0 Å². The van der Waals surface area contributed by atoms with Crippen LogP contribution >= 0.6 is 29.3 Å². The van der Waals surface area contributed by atoms with E-state index in [9.17, 15) is 9.13 Å². The van der Waals surface area contributed by atoms with Crippen LogP contribution in [-0.4, -0.2) is 79.4 Å². The van der Waals surface area contributed by atoms with Gasteiger partial charge in [-0.2, -0.15) is 0 Å². The summed E-state index contributed by atoms with van der Waals surface area (Å²) in [5.41, 5.74) is 2.31. The lowest BCUT2D eigenvalue weighted by molar-refractivity contribution is 0.270. The Balaban J connectivity index is 0.000000709. The van der Waals surface area contributed by atoms with E-state index in [1.807, 2.05) is 48.5 Å². The van der Waals surface area contributed by atoms with Crippen molar-refractivity contribution >= 4 is 71.1 Å². The summed E-state index contributed by atoms with van der Waals surface area (Å²) in [4.78, 5) is 1.54. The predicted molar refractivity (Wildman–Crippen MR) is 203 cm³/mol. The third kappa shape index (κ3) is 14.6. The zero-order valence-electron chi connectivity index (χ0n) is 28.1. The molecule has 0 saturated carbocycles. The number of methoxy groups -OCH3 is 1. The number of nitrogens with one attached hydrogen (secondary N) is 2. The smallest absolute Gasteiger partial charge is 0.497 e. The molecule has 2 N–H and O–H groups in total. The van der Waals surface area contributed by atoms with Crippen LogP contribution in [0.15, 0.2) is 77.9 Å². The van der Waals surface area contributed by atoms with Crippen molar-refractivity contribution in [3.63, 3.8) is 0 Å². The van der Waals surface area contributed by atoms with Gasteiger partial charge in [0.05, 0.1) is 20.4 Å². The lowest BCUT2D eigenvalue weighted by Crippen LogP contribution is -2.27. The summed E-state index contributed by atoms with van der Waals surface area (Å²) in [6.07, 6.45) is 2.61. The molecule has 3 aromatic carbocycles. The molecule has 0 spiro atoms. The lowest BCUT2D eigenvalue weighted by atomic mass is 10.2. The SMILES string of the molecule is CN[P+](=S)Oc1ccc(/C=N/N(C)[P+](=S)Oc2ccc(N(CP(=O)(OC)OC)CP(=O)(OC)OC)cc2)cc1.COc1ccc(C=N)cc1. The van der Waals surface area contributed by atoms with Gasteiger partial charge in [0, 0.05) is 47.4 Å². The van der Waals surface area contributed by atoms with E-state index in [1.165, 1.54) is 34.7 Å². The van der Waals surface area contributed by atoms with Crippen LogP contribution in [0.2, 0.25) is 0 Å². The second kappa shape index (κ2) is 21.5. The Morgan fingerprint density at radius 2 is 1.20 bits per heavy atom. The first-order valence-electron chi connectivity index (χ1n) is 14.1. The van der Waals surface area contributed by atoms with Crippen molar-refractivity contribution in [3.8, 4) is 17.2 Å². The van der Waals surface area contributed by atoms with Gasteiger partial charge in [0.1, 0.15) is 18.3 Å². The zero-order valence-corrected chi connectivity index (χ0v) is 33.3. The van der Waals surface area contributed by atoms with E-state index in [4.69, 9.17) is 60.9 Å². The molecule has 0 radical (unpaired) electrons. The van der Waals surface area contributed by atoms with Crippen LogP contribution < -0.4 is 23.8 Å². The summed E-state index contributed by atoms with van der Waals surface area (Å²) >= 11 is 10.6. The molecule has 0 aliphatic carbocycles. The van der Waals surface area contributed by atoms with E-state index in [-0.39, 0.29) is 12.6 Å². The van der Waals surface area contributed by atoms with Crippen LogP contribution in [0, 0.1) is 5.41 Å². The normalized spacial score (nSPS) is 12.0. The average Bonchev–Trinajstić information content (AvgIpc) is 3.14. The quantitative estimate of drug-likeness (QED) is 0.0697. The van der Waals surface area contributed by atoms with Gasteiger partial charge in [-0.1, -0.05) is 4.78 Å². The summed E-state index contributed by atoms with van der Waals surface area (Å²) in [6.45, 7) is 0. The topological polar surface area (TPSA) is 153 Å². The fourth-order valence-corrected chi connectivity index (χ4v) is 7.41. The third-order valence-corrected chi connectivity index (χ3v) is 13.3. The first-order valence-corrected chi connectivity index (χ1v) is 22.1. The van der Waals surface area contributed by atoms with Crippen molar-refractivity contribution in [2.75, 3.05) is 67.1 Å². The Labute approximate surface area is 299 Å². The van der Waals surface area contributed by atoms with E-state index in [0.717, 1.165) is 16.9 Å². The monoisotopic (exact) mass is 791 g/mol. The van der Waals surface area contributed by atoms with Gasteiger partial charge in [-0.25, -0.2) is 0 Å². The molecule has 0 aliphatic heterocycles. The van der Waals surface area contributed by atoms with Crippen molar-refractivity contribution in [2.45, 2.75) is 0 Å². The van der Waals surface area contributed by atoms with Gasteiger partial charge in [0.2, 0.25) is 23.6 Å². The summed E-state index contributed by atoms with van der Waals surface area (Å²) in [7, 11) is 0.596. The van der Waals surface area contributed by atoms with Crippen molar-refractivity contribution in [1.29, 1.82) is 5.41 Å². The highest BCUT2D eigenvalue weighted by Gasteiger charge is 2.32. The highest BCUT2D eigenvalue weighted by atomic mass is 32.4. The Morgan fingerprint density at radius 1 is 0.755 bits per heavy atom. The number of hydrogen-bond acceptors (Lipinski definition) is 14. The summed E-state index contributed by atoms with van der Waals surface area (Å²) in [5.74, 6) is 1.99. The molecule has 0 fully saturated rings. The van der Waals surface area contributed by atoms with Gasteiger partial charge < -0.3 is 33.1 Å². The molecule has 20 heteroatoms. The van der Waals surface area contributed by atoms with E-state index < -0.39 is 29.3 Å². The molecule has 0 amide bonds. The van der Waals surface area contributed by atoms with Crippen LogP contribution in [0.5, 0.6) is 17.2 Å². The lowest BCUT2D eigenvalue weighted by Gasteiger charge is -2.29. The number of rotatable bonds is 19. The fraction of sp³-hybridized carbons (Fsp3) is 0.310. The molecule has 0 saturated heterocycles. The average molecular weight is 792 g/mol. The Hall–Kier alpha value is -2.70. The summed E-state index contributed by atoms with van der Waals surface area (Å²) < 4.78 is 63.8.